The van der Waals surface area contributed by atoms with Crippen molar-refractivity contribution in [1.29, 1.82) is 0 Å². The second-order valence-electron chi connectivity index (χ2n) is 5.96. The van der Waals surface area contributed by atoms with Gasteiger partial charge in [0.1, 0.15) is 11.6 Å². The van der Waals surface area contributed by atoms with Gasteiger partial charge in [0.15, 0.2) is 0 Å². The van der Waals surface area contributed by atoms with Crippen LogP contribution in [-0.2, 0) is 9.59 Å². The number of carbonyl (C=O) groups excluding carboxylic acids is 2. The number of hydrogen-bond acceptors (Lipinski definition) is 3. The van der Waals surface area contributed by atoms with Gasteiger partial charge in [-0.2, -0.15) is 0 Å². The number of ketones is 2. The zero-order valence-electron chi connectivity index (χ0n) is 12.6. The number of hydrogen-bond donors (Lipinski definition) is 0. The Hall–Kier alpha value is -0.700. The largest absolute Gasteiger partial charge is 0.303 e. The van der Waals surface area contributed by atoms with Crippen LogP contribution in [0.25, 0.3) is 0 Å². The fraction of sp³-hybridized carbons (Fsp3) is 0.875. The van der Waals surface area contributed by atoms with Gasteiger partial charge in [0.05, 0.1) is 0 Å². The van der Waals surface area contributed by atoms with Gasteiger partial charge in [0.25, 0.3) is 0 Å². The van der Waals surface area contributed by atoms with E-state index in [1.54, 1.807) is 6.92 Å². The predicted molar refractivity (Wildman–Crippen MR) is 78.2 cm³/mol. The van der Waals surface area contributed by atoms with Crippen molar-refractivity contribution in [2.75, 3.05) is 19.6 Å². The number of nitrogens with zero attached hydrogens (tertiary/aromatic N) is 1. The lowest BCUT2D eigenvalue weighted by atomic mass is 10.00. The second kappa shape index (κ2) is 9.24. The van der Waals surface area contributed by atoms with E-state index in [1.807, 2.05) is 0 Å². The van der Waals surface area contributed by atoms with Crippen molar-refractivity contribution in [2.45, 2.75) is 65.2 Å². The molecule has 3 nitrogen and oxygen atoms in total. The Balaban J connectivity index is 2.05. The Kier molecular flexibility index (Phi) is 7.96. The minimum atomic E-state index is 0.302. The molecule has 0 N–H and O–H groups in total. The fourth-order valence-electron chi connectivity index (χ4n) is 2.87. The molecular formula is C16H29NO2. The molecule has 0 aliphatic carbocycles. The van der Waals surface area contributed by atoms with Gasteiger partial charge in [-0.25, -0.2) is 0 Å². The molecule has 1 saturated heterocycles. The SMILES string of the molecule is CCCC(=O)CC1CCN(CCCCCC(C)=O)C1. The van der Waals surface area contributed by atoms with Crippen LogP contribution in [0.15, 0.2) is 0 Å². The fourth-order valence-corrected chi connectivity index (χ4v) is 2.87. The number of unbranched alkanes of at least 4 members (excludes halogenated alkanes) is 2. The number of rotatable bonds is 10. The van der Waals surface area contributed by atoms with Gasteiger partial charge in [-0.1, -0.05) is 13.3 Å². The molecule has 0 aromatic heterocycles. The lowest BCUT2D eigenvalue weighted by molar-refractivity contribution is -0.120. The zero-order valence-corrected chi connectivity index (χ0v) is 12.6. The Bertz CT molecular complexity index is 288. The van der Waals surface area contributed by atoms with Crippen LogP contribution in [-0.4, -0.2) is 36.1 Å². The van der Waals surface area contributed by atoms with E-state index in [9.17, 15) is 9.59 Å². The van der Waals surface area contributed by atoms with Gasteiger partial charge >= 0.3 is 0 Å². The molecule has 0 radical (unpaired) electrons. The Labute approximate surface area is 117 Å². The molecule has 110 valence electrons. The van der Waals surface area contributed by atoms with E-state index >= 15 is 0 Å². The lowest BCUT2D eigenvalue weighted by Crippen LogP contribution is -2.22. The molecule has 0 amide bonds. The Morgan fingerprint density at radius 2 is 1.95 bits per heavy atom. The summed E-state index contributed by atoms with van der Waals surface area (Å²) in [4.78, 5) is 24.9. The van der Waals surface area contributed by atoms with E-state index in [2.05, 4.69) is 11.8 Å². The lowest BCUT2D eigenvalue weighted by Gasteiger charge is -2.15. The van der Waals surface area contributed by atoms with Crippen molar-refractivity contribution in [2.24, 2.45) is 5.92 Å². The van der Waals surface area contributed by atoms with Gasteiger partial charge in [-0.05, 0) is 51.6 Å². The molecule has 1 rings (SSSR count). The average molecular weight is 267 g/mol. The smallest absolute Gasteiger partial charge is 0.133 e. The Morgan fingerprint density at radius 1 is 1.16 bits per heavy atom. The van der Waals surface area contributed by atoms with E-state index in [0.29, 0.717) is 17.5 Å². The van der Waals surface area contributed by atoms with Gasteiger partial charge < -0.3 is 9.69 Å². The molecule has 1 aliphatic heterocycles. The van der Waals surface area contributed by atoms with E-state index < -0.39 is 0 Å². The van der Waals surface area contributed by atoms with Crippen molar-refractivity contribution in [3.8, 4) is 0 Å². The molecule has 3 heteroatoms. The van der Waals surface area contributed by atoms with Crippen molar-refractivity contribution in [1.82, 2.24) is 4.90 Å². The molecule has 1 unspecified atom stereocenters. The molecule has 1 fully saturated rings. The van der Waals surface area contributed by atoms with Crippen molar-refractivity contribution in [3.63, 3.8) is 0 Å². The van der Waals surface area contributed by atoms with Crippen LogP contribution in [0.1, 0.15) is 65.2 Å². The molecule has 1 atom stereocenters. The highest BCUT2D eigenvalue weighted by atomic mass is 16.1. The first-order valence-corrected chi connectivity index (χ1v) is 7.85. The van der Waals surface area contributed by atoms with Crippen LogP contribution >= 0.6 is 0 Å². The first-order valence-electron chi connectivity index (χ1n) is 7.85. The topological polar surface area (TPSA) is 37.4 Å². The summed E-state index contributed by atoms with van der Waals surface area (Å²) in [6.07, 6.45) is 7.79. The van der Waals surface area contributed by atoms with Crippen molar-refractivity contribution in [3.05, 3.63) is 0 Å². The third-order valence-corrected chi connectivity index (χ3v) is 3.92. The third-order valence-electron chi connectivity index (χ3n) is 3.92. The maximum Gasteiger partial charge on any atom is 0.133 e. The van der Waals surface area contributed by atoms with Gasteiger partial charge in [-0.15, -0.1) is 0 Å². The highest BCUT2D eigenvalue weighted by molar-refractivity contribution is 5.78. The molecule has 0 saturated carbocycles. The van der Waals surface area contributed by atoms with Crippen LogP contribution in [0.3, 0.4) is 0 Å². The summed E-state index contributed by atoms with van der Waals surface area (Å²) in [7, 11) is 0. The van der Waals surface area contributed by atoms with Gasteiger partial charge in [0.2, 0.25) is 0 Å². The van der Waals surface area contributed by atoms with E-state index in [1.165, 1.54) is 12.8 Å². The Morgan fingerprint density at radius 3 is 2.63 bits per heavy atom. The van der Waals surface area contributed by atoms with Gasteiger partial charge in [0, 0.05) is 25.8 Å². The first kappa shape index (κ1) is 16.4. The van der Waals surface area contributed by atoms with Crippen LogP contribution in [0, 0.1) is 5.92 Å². The van der Waals surface area contributed by atoms with Crippen LogP contribution in [0.5, 0.6) is 0 Å². The summed E-state index contributed by atoms with van der Waals surface area (Å²) in [5.41, 5.74) is 0. The molecule has 19 heavy (non-hydrogen) atoms. The number of Topliss-reactive ketones (excluding diaryl/α,β-unsaturated/α-hetero) is 2. The maximum atomic E-state index is 11.6. The predicted octanol–water partition coefficient (Wildman–Crippen LogP) is 3.22. The molecule has 0 spiro atoms. The quantitative estimate of drug-likeness (QED) is 0.570. The zero-order chi connectivity index (χ0) is 14.1. The highest BCUT2D eigenvalue weighted by Gasteiger charge is 2.23. The van der Waals surface area contributed by atoms with Crippen molar-refractivity contribution < 1.29 is 9.59 Å². The normalized spacial score (nSPS) is 19.8. The molecule has 1 heterocycles. The average Bonchev–Trinajstić information content (AvgIpc) is 2.76. The summed E-state index contributed by atoms with van der Waals surface area (Å²) in [5, 5.41) is 0. The summed E-state index contributed by atoms with van der Waals surface area (Å²) in [5.74, 6) is 1.34. The number of likely N-dealkylation sites (tertiary alicyclic amines) is 1. The van der Waals surface area contributed by atoms with Crippen LogP contribution in [0.4, 0.5) is 0 Å². The molecule has 0 bridgehead atoms. The van der Waals surface area contributed by atoms with E-state index in [4.69, 9.17) is 0 Å². The minimum absolute atomic E-state index is 0.302. The first-order chi connectivity index (χ1) is 9.11. The number of carbonyl (C=O) groups is 2. The van der Waals surface area contributed by atoms with Crippen LogP contribution < -0.4 is 0 Å². The van der Waals surface area contributed by atoms with E-state index in [0.717, 1.165) is 58.2 Å². The summed E-state index contributed by atoms with van der Waals surface area (Å²) >= 11 is 0. The second-order valence-corrected chi connectivity index (χ2v) is 5.96. The molecule has 0 aromatic rings. The molecular weight excluding hydrogens is 238 g/mol. The van der Waals surface area contributed by atoms with Crippen LogP contribution in [0.2, 0.25) is 0 Å². The molecule has 1 aliphatic rings. The summed E-state index contributed by atoms with van der Waals surface area (Å²) in [6.45, 7) is 7.12. The van der Waals surface area contributed by atoms with Crippen molar-refractivity contribution >= 4 is 11.6 Å². The minimum Gasteiger partial charge on any atom is -0.303 e. The monoisotopic (exact) mass is 267 g/mol. The third kappa shape index (κ3) is 7.46. The van der Waals surface area contributed by atoms with E-state index in [-0.39, 0.29) is 0 Å². The highest BCUT2D eigenvalue weighted by Crippen LogP contribution is 2.21. The van der Waals surface area contributed by atoms with Gasteiger partial charge in [-0.3, -0.25) is 4.79 Å². The summed E-state index contributed by atoms with van der Waals surface area (Å²) < 4.78 is 0. The standard InChI is InChI=1S/C16H29NO2/c1-3-7-16(19)12-15-9-11-17(13-15)10-6-4-5-8-14(2)18/h15H,3-13H2,1-2H3. The summed E-state index contributed by atoms with van der Waals surface area (Å²) in [6, 6.07) is 0. The maximum absolute atomic E-state index is 11.6. The molecule has 0 aromatic carbocycles.